The molecule has 0 aliphatic heterocycles. The third-order valence-electron chi connectivity index (χ3n) is 10.9. The molecule has 5 aromatic rings. The van der Waals surface area contributed by atoms with E-state index in [1.807, 2.05) is 24.5 Å². The van der Waals surface area contributed by atoms with Gasteiger partial charge in [-0.15, -0.1) is 0 Å². The molecule has 238 valence electrons. The van der Waals surface area contributed by atoms with E-state index in [1.165, 1.54) is 60.2 Å². The quantitative estimate of drug-likeness (QED) is 0.180. The van der Waals surface area contributed by atoms with Gasteiger partial charge in [0.05, 0.1) is 11.4 Å². The van der Waals surface area contributed by atoms with Gasteiger partial charge in [0, 0.05) is 23.9 Å². The average molecular weight is 633 g/mol. The Labute approximate surface area is 289 Å². The SMILES string of the molecule is CC1CC=CC2CC=CC(c3ccc4c(C5=CC=C(c6ccccn6)CC5)c5c(c(-c6ccc(-c7ccccn7)cc6)c4c3)=CCCC=5)=C12. The maximum atomic E-state index is 4.65. The second-order valence-electron chi connectivity index (χ2n) is 13.9. The number of allylic oxidation sites excluding steroid dienone is 10. The number of aromatic nitrogens is 2. The molecular formula is C47H40N2. The highest BCUT2D eigenvalue weighted by Gasteiger charge is 2.27. The Morgan fingerprint density at radius 2 is 1.31 bits per heavy atom. The minimum absolute atomic E-state index is 0.507. The number of hydrogen-bond acceptors (Lipinski definition) is 2. The number of fused-ring (bicyclic) bond motifs is 3. The van der Waals surface area contributed by atoms with Gasteiger partial charge < -0.3 is 0 Å². The fourth-order valence-corrected chi connectivity index (χ4v) is 8.59. The highest BCUT2D eigenvalue weighted by Crippen LogP contribution is 2.43. The standard InChI is InChI=1S/C47H40N2/c1-31-10-8-11-34-12-9-15-38(45(31)34)37-26-27-41-42(30-37)47(36-24-20-33(21-25-36)44-17-5-7-29-49-44)40-14-3-2-13-39(40)46(41)35-22-18-32(19-23-35)43-16-4-6-28-48-43/h4-9,11,13-18,20-22,24-31,34H,2-3,10,12,19,23H2,1H3. The highest BCUT2D eigenvalue weighted by atomic mass is 14.7. The highest BCUT2D eigenvalue weighted by molar-refractivity contribution is 6.06. The fourth-order valence-electron chi connectivity index (χ4n) is 8.59. The summed E-state index contributed by atoms with van der Waals surface area (Å²) in [6, 6.07) is 28.8. The van der Waals surface area contributed by atoms with E-state index in [4.69, 9.17) is 0 Å². The summed E-state index contributed by atoms with van der Waals surface area (Å²) in [5.41, 5.74) is 14.3. The van der Waals surface area contributed by atoms with Crippen molar-refractivity contribution >= 4 is 39.6 Å². The smallest absolute Gasteiger partial charge is 0.0701 e. The molecule has 49 heavy (non-hydrogen) atoms. The Bertz CT molecular complexity index is 2370. The van der Waals surface area contributed by atoms with Crippen molar-refractivity contribution < 1.29 is 0 Å². The first kappa shape index (κ1) is 29.8. The summed E-state index contributed by atoms with van der Waals surface area (Å²) in [4.78, 5) is 9.27. The van der Waals surface area contributed by atoms with Crippen LogP contribution in [0.4, 0.5) is 0 Å². The van der Waals surface area contributed by atoms with Crippen molar-refractivity contribution in [2.24, 2.45) is 11.8 Å². The molecule has 0 spiro atoms. The molecular weight excluding hydrogens is 593 g/mol. The summed E-state index contributed by atoms with van der Waals surface area (Å²) in [5, 5.41) is 5.45. The minimum atomic E-state index is 0.507. The first-order valence-electron chi connectivity index (χ1n) is 17.9. The zero-order chi connectivity index (χ0) is 32.7. The molecule has 2 atom stereocenters. The van der Waals surface area contributed by atoms with Crippen LogP contribution in [0.25, 0.3) is 62.0 Å². The van der Waals surface area contributed by atoms with Gasteiger partial charge in [0.2, 0.25) is 0 Å². The molecule has 0 fully saturated rings. The van der Waals surface area contributed by atoms with Gasteiger partial charge in [0.25, 0.3) is 0 Å². The van der Waals surface area contributed by atoms with E-state index in [9.17, 15) is 0 Å². The van der Waals surface area contributed by atoms with E-state index in [2.05, 4.69) is 132 Å². The van der Waals surface area contributed by atoms with Crippen LogP contribution in [0.3, 0.4) is 0 Å². The zero-order valence-corrected chi connectivity index (χ0v) is 28.1. The topological polar surface area (TPSA) is 25.8 Å². The van der Waals surface area contributed by atoms with Crippen molar-refractivity contribution in [1.82, 2.24) is 9.97 Å². The van der Waals surface area contributed by atoms with E-state index in [0.29, 0.717) is 11.8 Å². The lowest BCUT2D eigenvalue weighted by Crippen LogP contribution is -2.33. The number of hydrogen-bond donors (Lipinski definition) is 0. The van der Waals surface area contributed by atoms with Gasteiger partial charge in [-0.25, -0.2) is 0 Å². The summed E-state index contributed by atoms with van der Waals surface area (Å²) in [6.45, 7) is 2.40. The zero-order valence-electron chi connectivity index (χ0n) is 28.1. The summed E-state index contributed by atoms with van der Waals surface area (Å²) in [5.74, 6) is 1.06. The van der Waals surface area contributed by atoms with Crippen LogP contribution in [-0.2, 0) is 0 Å². The third-order valence-corrected chi connectivity index (χ3v) is 10.9. The van der Waals surface area contributed by atoms with Crippen LogP contribution in [0.1, 0.15) is 62.3 Å². The van der Waals surface area contributed by atoms with Crippen molar-refractivity contribution in [1.29, 1.82) is 0 Å². The van der Waals surface area contributed by atoms with Crippen LogP contribution in [0, 0.1) is 11.8 Å². The fraction of sp³-hybridized carbons (Fsp3) is 0.191. The normalized spacial score (nSPS) is 19.8. The van der Waals surface area contributed by atoms with E-state index in [-0.39, 0.29) is 0 Å². The largest absolute Gasteiger partial charge is 0.257 e. The number of pyridine rings is 2. The summed E-state index contributed by atoms with van der Waals surface area (Å²) >= 11 is 0. The molecule has 0 radical (unpaired) electrons. The van der Waals surface area contributed by atoms with Crippen LogP contribution in [0.5, 0.6) is 0 Å². The first-order chi connectivity index (χ1) is 24.2. The van der Waals surface area contributed by atoms with Crippen LogP contribution in [0.2, 0.25) is 0 Å². The van der Waals surface area contributed by atoms with Crippen LogP contribution in [-0.4, -0.2) is 9.97 Å². The molecule has 0 amide bonds. The molecule has 2 unspecified atom stereocenters. The second-order valence-corrected chi connectivity index (χ2v) is 13.9. The van der Waals surface area contributed by atoms with Gasteiger partial charge in [-0.3, -0.25) is 9.97 Å². The van der Waals surface area contributed by atoms with Gasteiger partial charge in [-0.1, -0.05) is 110 Å². The molecule has 4 aliphatic carbocycles. The van der Waals surface area contributed by atoms with Crippen LogP contribution >= 0.6 is 0 Å². The van der Waals surface area contributed by atoms with E-state index >= 15 is 0 Å². The van der Waals surface area contributed by atoms with Gasteiger partial charge >= 0.3 is 0 Å². The van der Waals surface area contributed by atoms with Gasteiger partial charge in [-0.05, 0) is 135 Å². The predicted molar refractivity (Wildman–Crippen MR) is 207 cm³/mol. The lowest BCUT2D eigenvalue weighted by molar-refractivity contribution is 0.568. The number of rotatable bonds is 5. The number of benzene rings is 3. The lowest BCUT2D eigenvalue weighted by atomic mass is 9.74. The monoisotopic (exact) mass is 632 g/mol. The molecule has 0 saturated carbocycles. The molecule has 0 saturated heterocycles. The second kappa shape index (κ2) is 12.6. The Hall–Kier alpha value is -5.34. The van der Waals surface area contributed by atoms with Gasteiger partial charge in [0.1, 0.15) is 0 Å². The first-order valence-corrected chi connectivity index (χ1v) is 17.9. The van der Waals surface area contributed by atoms with Crippen molar-refractivity contribution in [3.05, 3.63) is 161 Å². The summed E-state index contributed by atoms with van der Waals surface area (Å²) in [6.07, 6.45) is 29.4. The Morgan fingerprint density at radius 1 is 0.612 bits per heavy atom. The summed E-state index contributed by atoms with van der Waals surface area (Å²) in [7, 11) is 0. The Kier molecular flexibility index (Phi) is 7.65. The molecule has 0 N–H and O–H groups in total. The number of nitrogens with zero attached hydrogens (tertiary/aromatic N) is 2. The Morgan fingerprint density at radius 3 is 2.04 bits per heavy atom. The maximum absolute atomic E-state index is 4.65. The molecule has 2 heterocycles. The molecule has 0 bridgehead atoms. The molecule has 2 heteroatoms. The molecule has 2 nitrogen and oxygen atoms in total. The van der Waals surface area contributed by atoms with Crippen molar-refractivity contribution in [3.63, 3.8) is 0 Å². The average Bonchev–Trinajstić information content (AvgIpc) is 3.17. The maximum Gasteiger partial charge on any atom is 0.0701 e. The predicted octanol–water partition coefficient (Wildman–Crippen LogP) is 10.5. The Balaban J connectivity index is 1.29. The third kappa shape index (κ3) is 5.36. The van der Waals surface area contributed by atoms with Gasteiger partial charge in [-0.2, -0.15) is 0 Å². The molecule has 3 aromatic carbocycles. The van der Waals surface area contributed by atoms with Gasteiger partial charge in [0.15, 0.2) is 0 Å². The minimum Gasteiger partial charge on any atom is -0.257 e. The van der Waals surface area contributed by atoms with E-state index < -0.39 is 0 Å². The van der Waals surface area contributed by atoms with E-state index in [1.54, 1.807) is 5.57 Å². The summed E-state index contributed by atoms with van der Waals surface area (Å²) < 4.78 is 0. The van der Waals surface area contributed by atoms with E-state index in [0.717, 1.165) is 55.5 Å². The van der Waals surface area contributed by atoms with Crippen molar-refractivity contribution in [2.45, 2.75) is 45.4 Å². The van der Waals surface area contributed by atoms with Crippen molar-refractivity contribution in [3.8, 4) is 22.4 Å². The lowest BCUT2D eigenvalue weighted by Gasteiger charge is -2.31. The molecule has 2 aromatic heterocycles. The van der Waals surface area contributed by atoms with Crippen LogP contribution < -0.4 is 10.4 Å². The van der Waals surface area contributed by atoms with Crippen molar-refractivity contribution in [2.75, 3.05) is 0 Å². The molecule has 4 aliphatic rings. The molecule has 9 rings (SSSR count). The van der Waals surface area contributed by atoms with Crippen LogP contribution in [0.15, 0.2) is 133 Å².